The van der Waals surface area contributed by atoms with E-state index in [9.17, 15) is 40.2 Å². The van der Waals surface area contributed by atoms with Gasteiger partial charge in [-0.05, 0) is 60.0 Å². The monoisotopic (exact) mass is 854 g/mol. The van der Waals surface area contributed by atoms with Crippen LogP contribution in [0, 0.1) is 23.7 Å². The van der Waals surface area contributed by atoms with Crippen molar-refractivity contribution in [2.75, 3.05) is 49.1 Å². The summed E-state index contributed by atoms with van der Waals surface area (Å²) in [5.74, 6) is -4.13. The van der Waals surface area contributed by atoms with Crippen LogP contribution in [-0.4, -0.2) is 194 Å². The van der Waals surface area contributed by atoms with Gasteiger partial charge in [-0.1, -0.05) is 20.8 Å². The summed E-state index contributed by atoms with van der Waals surface area (Å²) in [5.41, 5.74) is -1.87. The van der Waals surface area contributed by atoms with E-state index in [1.54, 1.807) is 53.6 Å². The Bertz CT molecular complexity index is 1270. The van der Waals surface area contributed by atoms with Gasteiger partial charge in [0.2, 0.25) is 0 Å². The second-order valence-corrected chi connectivity index (χ2v) is 17.2. The van der Waals surface area contributed by atoms with Crippen LogP contribution < -0.4 is 0 Å². The van der Waals surface area contributed by atoms with Gasteiger partial charge in [-0.3, -0.25) is 9.59 Å². The van der Waals surface area contributed by atoms with Crippen LogP contribution in [0.3, 0.4) is 0 Å². The third-order valence-electron chi connectivity index (χ3n) is 12.7. The van der Waals surface area contributed by atoms with Crippen LogP contribution in [0.25, 0.3) is 0 Å². The van der Waals surface area contributed by atoms with Crippen LogP contribution in [-0.2, 0) is 52.2 Å². The third-order valence-corrected chi connectivity index (χ3v) is 12.7. The van der Waals surface area contributed by atoms with Crippen molar-refractivity contribution < 1.29 is 82.9 Å². The molecule has 346 valence electrons. The summed E-state index contributed by atoms with van der Waals surface area (Å²) in [6.07, 6.45) is -14.9. The van der Waals surface area contributed by atoms with Gasteiger partial charge < -0.3 is 78.2 Å². The predicted molar refractivity (Wildman–Crippen MR) is 211 cm³/mol. The Morgan fingerprint density at radius 2 is 1.44 bits per heavy atom. The molecule has 0 aromatic heterocycles. The molecule has 0 saturated carbocycles. The van der Waals surface area contributed by atoms with E-state index >= 15 is 0 Å². The maximum absolute atomic E-state index is 13.9. The van der Waals surface area contributed by atoms with Crippen LogP contribution in [0.2, 0.25) is 0 Å². The summed E-state index contributed by atoms with van der Waals surface area (Å²) in [7, 11) is 9.20. The topological polar surface area (TPSA) is 242 Å². The average Bonchev–Trinajstić information content (AvgIpc) is 3.18. The summed E-state index contributed by atoms with van der Waals surface area (Å²) >= 11 is 0. The van der Waals surface area contributed by atoms with Gasteiger partial charge in [-0.25, -0.2) is 0 Å². The van der Waals surface area contributed by atoms with Crippen molar-refractivity contribution in [1.29, 1.82) is 0 Å². The van der Waals surface area contributed by atoms with Crippen molar-refractivity contribution in [2.24, 2.45) is 23.7 Å². The summed E-state index contributed by atoms with van der Waals surface area (Å²) in [5, 5.41) is 68.5. The zero-order valence-electron chi connectivity index (χ0n) is 37.0. The molecule has 0 aliphatic carbocycles. The molecule has 6 N–H and O–H groups in total. The number of aliphatic hydroxyl groups excluding tert-OH is 5. The lowest BCUT2D eigenvalue weighted by molar-refractivity contribution is -0.308. The minimum absolute atomic E-state index is 0.128. The SMILES string of the molecule is CC[C@H]1OC(=O)C[C@@H](O)[C@H](C)[C@@H](O[C@@H]2O[C@H](C)[C@@H](O)[C@@H](N(C)C)[C@H]2O)[C@@H](CC(OC)OC)C[C@@H](C)C(=O)CC[C@@](C)(O)[C@H](O)[C@@H]1CO[C@@H]1O[C@H](C)[C@@H](O)[C@@H](OC)[C@H]1OC. The number of aliphatic hydroxyl groups is 6. The van der Waals surface area contributed by atoms with Crippen molar-refractivity contribution in [3.05, 3.63) is 0 Å². The molecule has 0 spiro atoms. The van der Waals surface area contributed by atoms with Gasteiger partial charge in [0.05, 0.1) is 61.3 Å². The fourth-order valence-electron chi connectivity index (χ4n) is 8.79. The molecule has 19 atom stereocenters. The zero-order valence-corrected chi connectivity index (χ0v) is 37.0. The quantitative estimate of drug-likeness (QED) is 0.108. The highest BCUT2D eigenvalue weighted by molar-refractivity contribution is 5.80. The maximum Gasteiger partial charge on any atom is 0.308 e. The van der Waals surface area contributed by atoms with E-state index in [4.69, 9.17) is 42.6 Å². The van der Waals surface area contributed by atoms with E-state index < -0.39 is 134 Å². The molecular formula is C41H75NO17. The van der Waals surface area contributed by atoms with Crippen LogP contribution >= 0.6 is 0 Å². The fraction of sp³-hybridized carbons (Fsp3) is 0.951. The first-order valence-corrected chi connectivity index (χ1v) is 20.9. The first kappa shape index (κ1) is 51.9. The number of carbonyl (C=O) groups is 2. The molecular weight excluding hydrogens is 778 g/mol. The summed E-state index contributed by atoms with van der Waals surface area (Å²) in [6.45, 7) is 9.57. The second-order valence-electron chi connectivity index (χ2n) is 17.2. The number of ketones is 1. The first-order chi connectivity index (χ1) is 27.7. The first-order valence-electron chi connectivity index (χ1n) is 20.9. The molecule has 3 aliphatic heterocycles. The molecule has 3 saturated heterocycles. The number of carbonyl (C=O) groups excluding carboxylic acids is 2. The van der Waals surface area contributed by atoms with Crippen LogP contribution in [0.5, 0.6) is 0 Å². The van der Waals surface area contributed by atoms with E-state index in [0.29, 0.717) is 0 Å². The van der Waals surface area contributed by atoms with Crippen molar-refractivity contribution in [1.82, 2.24) is 4.90 Å². The molecule has 18 heteroatoms. The molecule has 3 aliphatic rings. The number of esters is 1. The molecule has 0 amide bonds. The Morgan fingerprint density at radius 1 is 0.847 bits per heavy atom. The number of hydrogen-bond donors (Lipinski definition) is 6. The van der Waals surface area contributed by atoms with Gasteiger partial charge >= 0.3 is 5.97 Å². The van der Waals surface area contributed by atoms with Gasteiger partial charge in [0.15, 0.2) is 18.9 Å². The Balaban J connectivity index is 2.04. The van der Waals surface area contributed by atoms with Crippen molar-refractivity contribution in [2.45, 2.75) is 178 Å². The number of methoxy groups -OCH3 is 4. The number of Topliss-reactive ketones (excluding diaryl/α,β-unsaturated/α-hetero) is 1. The van der Waals surface area contributed by atoms with E-state index in [0.717, 1.165) is 0 Å². The second kappa shape index (κ2) is 23.3. The van der Waals surface area contributed by atoms with Gasteiger partial charge in [0.25, 0.3) is 0 Å². The largest absolute Gasteiger partial charge is 0.462 e. The third kappa shape index (κ3) is 13.0. The average molecular weight is 854 g/mol. The lowest BCUT2D eigenvalue weighted by Crippen LogP contribution is -2.63. The zero-order chi connectivity index (χ0) is 44.5. The summed E-state index contributed by atoms with van der Waals surface area (Å²) < 4.78 is 52.9. The molecule has 59 heavy (non-hydrogen) atoms. The highest BCUT2D eigenvalue weighted by Crippen LogP contribution is 2.37. The molecule has 3 heterocycles. The number of ether oxygens (including phenoxy) is 9. The van der Waals surface area contributed by atoms with Crippen LogP contribution in [0.4, 0.5) is 0 Å². The summed E-state index contributed by atoms with van der Waals surface area (Å²) in [6, 6.07) is -0.762. The highest BCUT2D eigenvalue weighted by Gasteiger charge is 2.50. The van der Waals surface area contributed by atoms with Crippen molar-refractivity contribution >= 4 is 11.8 Å². The Morgan fingerprint density at radius 3 is 2.00 bits per heavy atom. The smallest absolute Gasteiger partial charge is 0.308 e. The highest BCUT2D eigenvalue weighted by atomic mass is 16.7. The fourth-order valence-corrected chi connectivity index (χ4v) is 8.79. The molecule has 0 radical (unpaired) electrons. The lowest BCUT2D eigenvalue weighted by Gasteiger charge is -2.47. The molecule has 18 nitrogen and oxygen atoms in total. The number of likely N-dealkylation sites (N-methyl/N-ethyl adjacent to an activating group) is 1. The Hall–Kier alpha value is -1.46. The minimum atomic E-state index is -1.87. The normalized spacial score (nSPS) is 43.9. The number of cyclic esters (lactones) is 1. The number of rotatable bonds is 13. The number of hydrogen-bond acceptors (Lipinski definition) is 18. The van der Waals surface area contributed by atoms with E-state index in [1.165, 1.54) is 35.4 Å². The van der Waals surface area contributed by atoms with E-state index in [-0.39, 0.29) is 44.5 Å². The molecule has 0 unspecified atom stereocenters. The number of nitrogens with zero attached hydrogens (tertiary/aromatic N) is 1. The molecule has 3 rings (SSSR count). The van der Waals surface area contributed by atoms with E-state index in [2.05, 4.69) is 0 Å². The van der Waals surface area contributed by atoms with Gasteiger partial charge in [0, 0.05) is 59.0 Å². The van der Waals surface area contributed by atoms with Crippen LogP contribution in [0.1, 0.15) is 80.1 Å². The maximum atomic E-state index is 13.9. The van der Waals surface area contributed by atoms with Crippen molar-refractivity contribution in [3.63, 3.8) is 0 Å². The van der Waals surface area contributed by atoms with Gasteiger partial charge in [-0.15, -0.1) is 0 Å². The molecule has 3 fully saturated rings. The van der Waals surface area contributed by atoms with Crippen molar-refractivity contribution in [3.8, 4) is 0 Å². The molecule has 0 aromatic rings. The Kier molecular flexibility index (Phi) is 20.5. The van der Waals surface area contributed by atoms with Gasteiger partial charge in [-0.2, -0.15) is 0 Å². The minimum Gasteiger partial charge on any atom is -0.462 e. The lowest BCUT2D eigenvalue weighted by atomic mass is 9.77. The molecule has 0 aromatic carbocycles. The van der Waals surface area contributed by atoms with E-state index in [1.807, 2.05) is 0 Å². The Labute approximate surface area is 349 Å². The van der Waals surface area contributed by atoms with Gasteiger partial charge in [0.1, 0.15) is 36.3 Å². The molecule has 0 bridgehead atoms. The summed E-state index contributed by atoms with van der Waals surface area (Å²) in [4.78, 5) is 29.4. The van der Waals surface area contributed by atoms with Crippen LogP contribution in [0.15, 0.2) is 0 Å². The predicted octanol–water partition coefficient (Wildman–Crippen LogP) is 0.372. The standard InChI is InChI=1S/C41H75NO17/c1-13-28-25(19-55-40-37(54-12)36(53-11)33(47)23(5)57-40)38(49)41(6,50)15-14-26(43)20(2)16-24(17-30(51-9)52-10)35(21(3)27(44)18-29(45)58-28)59-39-34(48)31(42(7)8)32(46)22(4)56-39/h20-25,27-28,30-40,44,46-50H,13-19H2,1-12H3/t20-,21+,22-,23-,24-,25-,27-,28-,31-,32-,33-,34-,35-,36-,37-,38-,39+,40-,41-/m1/s1.